The molecule has 0 aliphatic heterocycles. The highest BCUT2D eigenvalue weighted by Crippen LogP contribution is 2.24. The normalized spacial score (nSPS) is 14.4. The van der Waals surface area contributed by atoms with E-state index < -0.39 is 6.09 Å². The summed E-state index contributed by atoms with van der Waals surface area (Å²) in [7, 11) is 0. The smallest absolute Gasteiger partial charge is 0.407 e. The van der Waals surface area contributed by atoms with Gasteiger partial charge in [0, 0.05) is 5.33 Å². The molecule has 1 amide bonds. The number of alkyl carbamates (subject to hydrolysis) is 1. The number of halogens is 1. The van der Waals surface area contributed by atoms with E-state index in [1.54, 1.807) is 0 Å². The van der Waals surface area contributed by atoms with Crippen molar-refractivity contribution in [3.8, 4) is 0 Å². The van der Waals surface area contributed by atoms with E-state index in [4.69, 9.17) is 9.47 Å². The number of rotatable bonds is 13. The van der Waals surface area contributed by atoms with E-state index in [-0.39, 0.29) is 18.8 Å². The molecular weight excluding hydrogens is 422 g/mol. The average Bonchev–Trinajstić information content (AvgIpc) is 2.67. The quantitative estimate of drug-likeness (QED) is 0.323. The van der Waals surface area contributed by atoms with Gasteiger partial charge in [-0.3, -0.25) is 4.79 Å². The highest BCUT2D eigenvalue weighted by molar-refractivity contribution is 9.09. The number of carbonyl (C=O) groups is 2. The Morgan fingerprint density at radius 2 is 1.82 bits per heavy atom. The van der Waals surface area contributed by atoms with Crippen molar-refractivity contribution in [3.63, 3.8) is 0 Å². The zero-order valence-electron chi connectivity index (χ0n) is 17.4. The molecule has 0 fully saturated rings. The summed E-state index contributed by atoms with van der Waals surface area (Å²) in [5.41, 5.74) is 0.926. The molecule has 158 valence electrons. The highest BCUT2D eigenvalue weighted by atomic mass is 79.9. The van der Waals surface area contributed by atoms with Gasteiger partial charge in [-0.2, -0.15) is 0 Å². The summed E-state index contributed by atoms with van der Waals surface area (Å²) in [6, 6.07) is 9.25. The Morgan fingerprint density at radius 1 is 1.14 bits per heavy atom. The first-order valence-electron chi connectivity index (χ1n) is 9.99. The number of amides is 1. The molecule has 28 heavy (non-hydrogen) atoms. The lowest BCUT2D eigenvalue weighted by Crippen LogP contribution is -2.46. The van der Waals surface area contributed by atoms with Crippen molar-refractivity contribution in [1.82, 2.24) is 5.32 Å². The maximum absolute atomic E-state index is 12.4. The van der Waals surface area contributed by atoms with E-state index in [1.807, 2.05) is 30.3 Å². The second-order valence-electron chi connectivity index (χ2n) is 7.95. The number of alkyl halides is 1. The first-order chi connectivity index (χ1) is 13.4. The molecular formula is C22H34BrNO4. The van der Waals surface area contributed by atoms with E-state index in [0.29, 0.717) is 37.1 Å². The second-order valence-corrected chi connectivity index (χ2v) is 8.60. The first kappa shape index (κ1) is 24.5. The van der Waals surface area contributed by atoms with Crippen molar-refractivity contribution in [3.05, 3.63) is 35.9 Å². The summed E-state index contributed by atoms with van der Waals surface area (Å²) >= 11 is 3.57. The van der Waals surface area contributed by atoms with E-state index in [0.717, 1.165) is 17.3 Å². The van der Waals surface area contributed by atoms with Gasteiger partial charge >= 0.3 is 6.09 Å². The van der Waals surface area contributed by atoms with Gasteiger partial charge in [-0.1, -0.05) is 74.0 Å². The molecule has 1 aromatic rings. The van der Waals surface area contributed by atoms with Crippen molar-refractivity contribution < 1.29 is 19.1 Å². The number of carbonyl (C=O) groups excluding carboxylic acids is 2. The second kappa shape index (κ2) is 13.6. The lowest BCUT2D eigenvalue weighted by Gasteiger charge is -2.31. The summed E-state index contributed by atoms with van der Waals surface area (Å²) in [5, 5.41) is 3.77. The molecule has 0 saturated heterocycles. The zero-order chi connectivity index (χ0) is 20.9. The topological polar surface area (TPSA) is 64.6 Å². The van der Waals surface area contributed by atoms with Crippen LogP contribution in [-0.2, 0) is 20.9 Å². The van der Waals surface area contributed by atoms with Crippen LogP contribution in [0.5, 0.6) is 0 Å². The Hall–Kier alpha value is -1.56. The van der Waals surface area contributed by atoms with Gasteiger partial charge in [0.25, 0.3) is 6.47 Å². The van der Waals surface area contributed by atoms with Crippen LogP contribution < -0.4 is 5.32 Å². The minimum absolute atomic E-state index is 0.205. The minimum Gasteiger partial charge on any atom is -0.462 e. The molecule has 0 aromatic heterocycles. The van der Waals surface area contributed by atoms with E-state index in [2.05, 4.69) is 48.9 Å². The maximum Gasteiger partial charge on any atom is 0.407 e. The van der Waals surface area contributed by atoms with Crippen molar-refractivity contribution in [2.45, 2.75) is 65.7 Å². The summed E-state index contributed by atoms with van der Waals surface area (Å²) in [4.78, 5) is 23.5. The van der Waals surface area contributed by atoms with Gasteiger partial charge in [0.15, 0.2) is 0 Å². The molecule has 0 saturated carbocycles. The molecule has 3 atom stereocenters. The first-order valence-corrected chi connectivity index (χ1v) is 11.1. The predicted molar refractivity (Wildman–Crippen MR) is 115 cm³/mol. The number of nitrogens with one attached hydrogen (secondary N) is 1. The fourth-order valence-corrected chi connectivity index (χ4v) is 4.00. The van der Waals surface area contributed by atoms with Gasteiger partial charge in [-0.25, -0.2) is 4.79 Å². The molecule has 0 aliphatic carbocycles. The van der Waals surface area contributed by atoms with Crippen LogP contribution in [0.2, 0.25) is 0 Å². The molecule has 1 aromatic carbocycles. The van der Waals surface area contributed by atoms with Crippen LogP contribution in [0.4, 0.5) is 4.79 Å². The van der Waals surface area contributed by atoms with Gasteiger partial charge < -0.3 is 14.8 Å². The molecule has 1 N–H and O–H groups in total. The lowest BCUT2D eigenvalue weighted by molar-refractivity contribution is -0.135. The molecule has 0 spiro atoms. The number of hydrogen-bond acceptors (Lipinski definition) is 4. The molecule has 0 bridgehead atoms. The summed E-state index contributed by atoms with van der Waals surface area (Å²) in [6.45, 7) is 9.25. The van der Waals surface area contributed by atoms with Gasteiger partial charge in [0.05, 0.1) is 6.04 Å². The van der Waals surface area contributed by atoms with E-state index in [9.17, 15) is 9.59 Å². The highest BCUT2D eigenvalue weighted by Gasteiger charge is 2.29. The summed E-state index contributed by atoms with van der Waals surface area (Å²) in [5.74, 6) is 1.27. The monoisotopic (exact) mass is 455 g/mol. The third kappa shape index (κ3) is 9.58. The fraction of sp³-hybridized carbons (Fsp3) is 0.636. The molecule has 0 heterocycles. The molecule has 1 rings (SSSR count). The molecule has 3 unspecified atom stereocenters. The number of hydrogen-bond donors (Lipinski definition) is 1. The van der Waals surface area contributed by atoms with Crippen molar-refractivity contribution >= 4 is 28.5 Å². The maximum atomic E-state index is 12.4. The standard InChI is InChI=1S/C22H34BrNO4/c1-16(2)10-11-21(28-15-25)20(12-19(13-23)17(3)4)24-22(26)27-14-18-8-6-5-7-9-18/h5-9,15-17,19-21H,10-14H2,1-4H3,(H,24,26). The fourth-order valence-electron chi connectivity index (χ4n) is 2.99. The van der Waals surface area contributed by atoms with E-state index in [1.165, 1.54) is 0 Å². The SMILES string of the molecule is CC(C)CCC(OC=O)C(CC(CBr)C(C)C)NC(=O)OCc1ccccc1. The summed E-state index contributed by atoms with van der Waals surface area (Å²) in [6.07, 6.45) is 1.46. The van der Waals surface area contributed by atoms with Crippen molar-refractivity contribution in [2.24, 2.45) is 17.8 Å². The molecule has 6 heteroatoms. The zero-order valence-corrected chi connectivity index (χ0v) is 19.0. The Bertz CT molecular complexity index is 565. The predicted octanol–water partition coefficient (Wildman–Crippen LogP) is 5.32. The van der Waals surface area contributed by atoms with E-state index >= 15 is 0 Å². The minimum atomic E-state index is -0.491. The van der Waals surface area contributed by atoms with Crippen molar-refractivity contribution in [2.75, 3.05) is 5.33 Å². The van der Waals surface area contributed by atoms with Crippen LogP contribution in [-0.4, -0.2) is 30.0 Å². The lowest BCUT2D eigenvalue weighted by atomic mass is 9.87. The molecule has 0 aliphatic rings. The average molecular weight is 456 g/mol. The Morgan fingerprint density at radius 3 is 2.36 bits per heavy atom. The summed E-state index contributed by atoms with van der Waals surface area (Å²) < 4.78 is 10.8. The van der Waals surface area contributed by atoms with Crippen LogP contribution in [0.3, 0.4) is 0 Å². The Balaban J connectivity index is 2.81. The van der Waals surface area contributed by atoms with Crippen molar-refractivity contribution in [1.29, 1.82) is 0 Å². The van der Waals surface area contributed by atoms with Crippen LogP contribution in [0.1, 0.15) is 52.5 Å². The largest absolute Gasteiger partial charge is 0.462 e. The van der Waals surface area contributed by atoms with Crippen LogP contribution in [0.15, 0.2) is 30.3 Å². The van der Waals surface area contributed by atoms with Gasteiger partial charge in [-0.15, -0.1) is 0 Å². The molecule has 5 nitrogen and oxygen atoms in total. The molecule has 0 radical (unpaired) electrons. The third-order valence-corrected chi connectivity index (χ3v) is 5.75. The Kier molecular flexibility index (Phi) is 11.9. The Labute approximate surface area is 177 Å². The van der Waals surface area contributed by atoms with Crippen LogP contribution in [0, 0.1) is 17.8 Å². The third-order valence-electron chi connectivity index (χ3n) is 4.92. The number of benzene rings is 1. The van der Waals surface area contributed by atoms with Crippen LogP contribution >= 0.6 is 15.9 Å². The van der Waals surface area contributed by atoms with Gasteiger partial charge in [0.2, 0.25) is 0 Å². The van der Waals surface area contributed by atoms with Gasteiger partial charge in [-0.05, 0) is 42.6 Å². The van der Waals surface area contributed by atoms with Gasteiger partial charge in [0.1, 0.15) is 12.7 Å². The number of ether oxygens (including phenoxy) is 2. The van der Waals surface area contributed by atoms with Crippen LogP contribution in [0.25, 0.3) is 0 Å².